The van der Waals surface area contributed by atoms with E-state index in [-0.39, 0.29) is 12.5 Å². The molecule has 1 fully saturated rings. The largest absolute Gasteiger partial charge is 0.480 e. The number of carboxylic acid groups (broad SMARTS) is 1. The Labute approximate surface area is 87.2 Å². The molecule has 0 radical (unpaired) electrons. The van der Waals surface area contributed by atoms with Crippen LogP contribution < -0.4 is 5.32 Å². The van der Waals surface area contributed by atoms with E-state index in [0.29, 0.717) is 13.1 Å². The number of carboxylic acids is 1. The minimum absolute atomic E-state index is 0.0600. The van der Waals surface area contributed by atoms with Crippen LogP contribution in [0.5, 0.6) is 0 Å². The van der Waals surface area contributed by atoms with E-state index in [4.69, 9.17) is 5.11 Å². The summed E-state index contributed by atoms with van der Waals surface area (Å²) in [5.74, 6) is -1.96. The first-order valence-electron chi connectivity index (χ1n) is 4.65. The molecule has 0 atom stereocenters. The van der Waals surface area contributed by atoms with Gasteiger partial charge in [-0.3, -0.25) is 14.4 Å². The highest BCUT2D eigenvalue weighted by Gasteiger charge is 2.40. The van der Waals surface area contributed by atoms with Crippen molar-refractivity contribution in [2.24, 2.45) is 5.41 Å². The monoisotopic (exact) mass is 214 g/mol. The first kappa shape index (κ1) is 11.5. The molecule has 0 aromatic rings. The van der Waals surface area contributed by atoms with Crippen LogP contribution >= 0.6 is 0 Å². The Hall–Kier alpha value is -1.59. The summed E-state index contributed by atoms with van der Waals surface area (Å²) in [6.07, 6.45) is 0. The van der Waals surface area contributed by atoms with Crippen molar-refractivity contribution in [3.8, 4) is 0 Å². The number of piperazine rings is 1. The zero-order valence-corrected chi connectivity index (χ0v) is 8.74. The number of hydrogen-bond donors (Lipinski definition) is 2. The highest BCUT2D eigenvalue weighted by atomic mass is 16.4. The molecule has 2 N–H and O–H groups in total. The predicted molar refractivity (Wildman–Crippen MR) is 51.0 cm³/mol. The molecule has 1 saturated heterocycles. The van der Waals surface area contributed by atoms with Gasteiger partial charge in [-0.25, -0.2) is 0 Å². The van der Waals surface area contributed by atoms with Gasteiger partial charge in [0.1, 0.15) is 5.41 Å². The van der Waals surface area contributed by atoms with Crippen molar-refractivity contribution in [3.05, 3.63) is 0 Å². The van der Waals surface area contributed by atoms with E-state index in [2.05, 4.69) is 5.32 Å². The number of hydrogen-bond acceptors (Lipinski definition) is 3. The van der Waals surface area contributed by atoms with Crippen LogP contribution in [0.3, 0.4) is 0 Å². The Bertz CT molecular complexity index is 311. The minimum atomic E-state index is -1.47. The molecule has 1 aliphatic rings. The highest BCUT2D eigenvalue weighted by Crippen LogP contribution is 2.19. The van der Waals surface area contributed by atoms with E-state index in [9.17, 15) is 14.4 Å². The van der Waals surface area contributed by atoms with Crippen LogP contribution in [0.1, 0.15) is 13.8 Å². The molecule has 2 amide bonds. The topological polar surface area (TPSA) is 86.7 Å². The normalized spacial score (nSPS) is 17.2. The van der Waals surface area contributed by atoms with Gasteiger partial charge < -0.3 is 15.3 Å². The Balaban J connectivity index is 2.75. The quantitative estimate of drug-likeness (QED) is 0.580. The van der Waals surface area contributed by atoms with Crippen molar-refractivity contribution in [1.82, 2.24) is 10.2 Å². The number of carbonyl (C=O) groups is 3. The molecule has 6 heteroatoms. The molecule has 0 unspecified atom stereocenters. The lowest BCUT2D eigenvalue weighted by Gasteiger charge is -2.31. The second-order valence-electron chi connectivity index (χ2n) is 4.01. The van der Waals surface area contributed by atoms with Gasteiger partial charge in [-0.05, 0) is 13.8 Å². The fraction of sp³-hybridized carbons (Fsp3) is 0.667. The standard InChI is InChI=1S/C9H14N2O4/c1-9(2,8(14)15)7(13)11-4-3-10-6(12)5-11/h3-5H2,1-2H3,(H,10,12)(H,14,15). The average molecular weight is 214 g/mol. The van der Waals surface area contributed by atoms with Gasteiger partial charge in [0, 0.05) is 13.1 Å². The first-order valence-corrected chi connectivity index (χ1v) is 4.65. The van der Waals surface area contributed by atoms with Crippen molar-refractivity contribution >= 4 is 17.8 Å². The summed E-state index contributed by atoms with van der Waals surface area (Å²) >= 11 is 0. The molecule has 15 heavy (non-hydrogen) atoms. The van der Waals surface area contributed by atoms with Gasteiger partial charge >= 0.3 is 5.97 Å². The number of aliphatic carboxylic acids is 1. The summed E-state index contributed by atoms with van der Waals surface area (Å²) in [6.45, 7) is 3.35. The summed E-state index contributed by atoms with van der Waals surface area (Å²) in [4.78, 5) is 34.9. The third-order valence-electron chi connectivity index (χ3n) is 2.39. The SMILES string of the molecule is CC(C)(C(=O)O)C(=O)N1CCNC(=O)C1. The number of nitrogens with one attached hydrogen (secondary N) is 1. The van der Waals surface area contributed by atoms with E-state index in [1.165, 1.54) is 18.7 Å². The molecule has 0 aromatic heterocycles. The smallest absolute Gasteiger partial charge is 0.318 e. The lowest BCUT2D eigenvalue weighted by molar-refractivity contribution is -0.159. The molecular formula is C9H14N2O4. The van der Waals surface area contributed by atoms with Crippen molar-refractivity contribution in [3.63, 3.8) is 0 Å². The van der Waals surface area contributed by atoms with Crippen LogP contribution in [0.15, 0.2) is 0 Å². The van der Waals surface area contributed by atoms with Crippen molar-refractivity contribution < 1.29 is 19.5 Å². The second kappa shape index (κ2) is 3.88. The molecule has 1 heterocycles. The molecule has 0 spiro atoms. The van der Waals surface area contributed by atoms with Crippen molar-refractivity contribution in [1.29, 1.82) is 0 Å². The molecule has 6 nitrogen and oxygen atoms in total. The zero-order valence-electron chi connectivity index (χ0n) is 8.74. The highest BCUT2D eigenvalue weighted by molar-refractivity contribution is 6.02. The van der Waals surface area contributed by atoms with Gasteiger partial charge in [0.2, 0.25) is 11.8 Å². The van der Waals surface area contributed by atoms with Gasteiger partial charge in [-0.15, -0.1) is 0 Å². The molecule has 0 aliphatic carbocycles. The van der Waals surface area contributed by atoms with E-state index in [0.717, 1.165) is 0 Å². The number of rotatable bonds is 2. The molecule has 0 saturated carbocycles. The number of carbonyl (C=O) groups excluding carboxylic acids is 2. The molecular weight excluding hydrogens is 200 g/mol. The maximum atomic E-state index is 11.8. The van der Waals surface area contributed by atoms with E-state index < -0.39 is 17.3 Å². The van der Waals surface area contributed by atoms with Crippen molar-refractivity contribution in [2.45, 2.75) is 13.8 Å². The van der Waals surface area contributed by atoms with Crippen LogP contribution in [0.2, 0.25) is 0 Å². The van der Waals surface area contributed by atoms with Gasteiger partial charge in [0.25, 0.3) is 0 Å². The Morgan fingerprint density at radius 3 is 2.53 bits per heavy atom. The van der Waals surface area contributed by atoms with Crippen LogP contribution in [0, 0.1) is 5.41 Å². The summed E-state index contributed by atoms with van der Waals surface area (Å²) in [6, 6.07) is 0. The second-order valence-corrected chi connectivity index (χ2v) is 4.01. The van der Waals surface area contributed by atoms with E-state index in [1.807, 2.05) is 0 Å². The molecule has 0 aromatic carbocycles. The third-order valence-corrected chi connectivity index (χ3v) is 2.39. The maximum Gasteiger partial charge on any atom is 0.318 e. The lowest BCUT2D eigenvalue weighted by atomic mass is 9.91. The average Bonchev–Trinajstić information content (AvgIpc) is 2.16. The number of nitrogens with zero attached hydrogens (tertiary/aromatic N) is 1. The summed E-state index contributed by atoms with van der Waals surface area (Å²) < 4.78 is 0. The van der Waals surface area contributed by atoms with Gasteiger partial charge in [-0.2, -0.15) is 0 Å². The van der Waals surface area contributed by atoms with Crippen LogP contribution in [0.25, 0.3) is 0 Å². The third kappa shape index (κ3) is 2.26. The molecule has 0 bridgehead atoms. The molecule has 1 rings (SSSR count). The summed E-state index contributed by atoms with van der Waals surface area (Å²) in [7, 11) is 0. The van der Waals surface area contributed by atoms with Crippen LogP contribution in [0.4, 0.5) is 0 Å². The Kier molecular flexibility index (Phi) is 2.97. The fourth-order valence-corrected chi connectivity index (χ4v) is 1.30. The molecule has 84 valence electrons. The van der Waals surface area contributed by atoms with Gasteiger partial charge in [0.15, 0.2) is 0 Å². The predicted octanol–water partition coefficient (Wildman–Crippen LogP) is -0.944. The lowest BCUT2D eigenvalue weighted by Crippen LogP contribution is -2.54. The van der Waals surface area contributed by atoms with Gasteiger partial charge in [-0.1, -0.05) is 0 Å². The minimum Gasteiger partial charge on any atom is -0.480 e. The molecule has 1 aliphatic heterocycles. The van der Waals surface area contributed by atoms with Crippen LogP contribution in [-0.4, -0.2) is 47.4 Å². The van der Waals surface area contributed by atoms with Crippen LogP contribution in [-0.2, 0) is 14.4 Å². The summed E-state index contributed by atoms with van der Waals surface area (Å²) in [5.41, 5.74) is -1.47. The Morgan fingerprint density at radius 1 is 1.47 bits per heavy atom. The zero-order chi connectivity index (χ0) is 11.6. The van der Waals surface area contributed by atoms with Gasteiger partial charge in [0.05, 0.1) is 6.54 Å². The van der Waals surface area contributed by atoms with Crippen molar-refractivity contribution in [2.75, 3.05) is 19.6 Å². The fourth-order valence-electron chi connectivity index (χ4n) is 1.30. The Morgan fingerprint density at radius 2 is 2.07 bits per heavy atom. The van der Waals surface area contributed by atoms with E-state index >= 15 is 0 Å². The maximum absolute atomic E-state index is 11.8. The summed E-state index contributed by atoms with van der Waals surface area (Å²) in [5, 5.41) is 11.4. The van der Waals surface area contributed by atoms with E-state index in [1.54, 1.807) is 0 Å². The first-order chi connectivity index (χ1) is 6.85. The number of amides is 2.